The van der Waals surface area contributed by atoms with Gasteiger partial charge in [0.15, 0.2) is 6.29 Å². The van der Waals surface area contributed by atoms with Gasteiger partial charge in [-0.3, -0.25) is 0 Å². The van der Waals surface area contributed by atoms with Crippen LogP contribution < -0.4 is 15.9 Å². The monoisotopic (exact) mass is 348 g/mol. The second-order valence-electron chi connectivity index (χ2n) is 6.01. The molecule has 0 N–H and O–H groups in total. The summed E-state index contributed by atoms with van der Waals surface area (Å²) in [6, 6.07) is 30.3. The summed E-state index contributed by atoms with van der Waals surface area (Å²) >= 11 is 0. The molecule has 3 heteroatoms. The fourth-order valence-electron chi connectivity index (χ4n) is 3.19. The molecule has 126 valence electrons. The molecule has 2 nitrogen and oxygen atoms in total. The molecular weight excluding hydrogens is 327 g/mol. The Bertz CT molecular complexity index is 759. The summed E-state index contributed by atoms with van der Waals surface area (Å²) in [5, 5.41) is 4.11. The molecule has 1 aliphatic rings. The number of benzene rings is 3. The van der Waals surface area contributed by atoms with Gasteiger partial charge in [0, 0.05) is 6.42 Å². The summed E-state index contributed by atoms with van der Waals surface area (Å²) < 4.78 is 11.4. The molecule has 0 amide bonds. The van der Waals surface area contributed by atoms with E-state index in [4.69, 9.17) is 9.47 Å². The van der Waals surface area contributed by atoms with Crippen molar-refractivity contribution in [3.8, 4) is 0 Å². The molecule has 0 bridgehead atoms. The van der Waals surface area contributed by atoms with Gasteiger partial charge in [0.05, 0.1) is 13.2 Å². The maximum absolute atomic E-state index is 5.69. The largest absolute Gasteiger partial charge is 0.350 e. The van der Waals surface area contributed by atoms with Crippen LogP contribution in [0, 0.1) is 0 Å². The summed E-state index contributed by atoms with van der Waals surface area (Å²) in [5.41, 5.74) is 1.31. The number of hydrogen-bond donors (Lipinski definition) is 0. The molecule has 3 aromatic carbocycles. The van der Waals surface area contributed by atoms with Crippen molar-refractivity contribution in [1.82, 2.24) is 0 Å². The average Bonchev–Trinajstić information content (AvgIpc) is 3.18. The molecule has 0 unspecified atom stereocenters. The Morgan fingerprint density at radius 3 is 1.80 bits per heavy atom. The van der Waals surface area contributed by atoms with Gasteiger partial charge in [0.1, 0.15) is 0 Å². The molecule has 1 saturated heterocycles. The van der Waals surface area contributed by atoms with E-state index < -0.39 is 7.92 Å². The number of rotatable bonds is 5. The van der Waals surface area contributed by atoms with Gasteiger partial charge in [-0.25, -0.2) is 0 Å². The molecule has 1 aliphatic heterocycles. The maximum Gasteiger partial charge on any atom is 0.161 e. The minimum absolute atomic E-state index is 0.121. The third-order valence-electron chi connectivity index (χ3n) is 4.34. The first kappa shape index (κ1) is 16.5. The second kappa shape index (κ2) is 7.93. The fourth-order valence-corrected chi connectivity index (χ4v) is 5.67. The maximum atomic E-state index is 5.69. The molecular formula is C22H21O2P. The molecule has 1 heterocycles. The van der Waals surface area contributed by atoms with Gasteiger partial charge in [-0.2, -0.15) is 0 Å². The van der Waals surface area contributed by atoms with Gasteiger partial charge in [-0.15, -0.1) is 0 Å². The molecule has 0 saturated carbocycles. The van der Waals surface area contributed by atoms with Gasteiger partial charge in [0.2, 0.25) is 0 Å². The van der Waals surface area contributed by atoms with E-state index >= 15 is 0 Å². The Balaban J connectivity index is 1.77. The number of hydrogen-bond acceptors (Lipinski definition) is 2. The summed E-state index contributed by atoms with van der Waals surface area (Å²) in [6.07, 6.45) is 0.679. The van der Waals surface area contributed by atoms with Gasteiger partial charge < -0.3 is 9.47 Å². The molecule has 0 radical (unpaired) electrons. The van der Waals surface area contributed by atoms with Crippen LogP contribution in [0.4, 0.5) is 0 Å². The van der Waals surface area contributed by atoms with E-state index in [0.717, 1.165) is 6.42 Å². The van der Waals surface area contributed by atoms with Crippen molar-refractivity contribution in [2.45, 2.75) is 12.7 Å². The lowest BCUT2D eigenvalue weighted by Gasteiger charge is -2.23. The van der Waals surface area contributed by atoms with E-state index in [1.54, 1.807) is 0 Å². The zero-order valence-electron chi connectivity index (χ0n) is 14.0. The Labute approximate surface area is 150 Å². The summed E-state index contributed by atoms with van der Waals surface area (Å²) in [7, 11) is -0.598. The second-order valence-corrected chi connectivity index (χ2v) is 8.20. The standard InChI is InChI=1S/C22H21O2P/c1-3-10-19(11-4-1)25(20-12-5-2-6-13-20)21-14-8-7-9-18(21)17-22-23-15-16-24-22/h1-14,22H,15-17H2. The summed E-state index contributed by atoms with van der Waals surface area (Å²) in [4.78, 5) is 0. The van der Waals surface area contributed by atoms with Crippen LogP contribution in [0.3, 0.4) is 0 Å². The van der Waals surface area contributed by atoms with Crippen LogP contribution >= 0.6 is 7.92 Å². The van der Waals surface area contributed by atoms with Crippen LogP contribution in [0.15, 0.2) is 84.9 Å². The van der Waals surface area contributed by atoms with Crippen molar-refractivity contribution in [1.29, 1.82) is 0 Å². The molecule has 0 aromatic heterocycles. The lowest BCUT2D eigenvalue weighted by molar-refractivity contribution is -0.0398. The smallest absolute Gasteiger partial charge is 0.161 e. The lowest BCUT2D eigenvalue weighted by atomic mass is 10.1. The van der Waals surface area contributed by atoms with E-state index in [0.29, 0.717) is 13.2 Å². The quantitative estimate of drug-likeness (QED) is 0.659. The first-order valence-corrected chi connectivity index (χ1v) is 9.97. The molecule has 0 atom stereocenters. The SMILES string of the molecule is c1ccc(P(c2ccccc2)c2ccccc2CC2OCCO2)cc1. The van der Waals surface area contributed by atoms with Crippen molar-refractivity contribution in [3.63, 3.8) is 0 Å². The molecule has 3 aromatic rings. The van der Waals surface area contributed by atoms with E-state index in [2.05, 4.69) is 84.9 Å². The molecule has 25 heavy (non-hydrogen) atoms. The van der Waals surface area contributed by atoms with Crippen LogP contribution in [0.5, 0.6) is 0 Å². The predicted molar refractivity (Wildman–Crippen MR) is 105 cm³/mol. The highest BCUT2D eigenvalue weighted by Crippen LogP contribution is 2.34. The fraction of sp³-hybridized carbons (Fsp3) is 0.182. The normalized spacial score (nSPS) is 14.9. The Morgan fingerprint density at radius 2 is 1.20 bits per heavy atom. The van der Waals surface area contributed by atoms with Crippen LogP contribution in [-0.2, 0) is 15.9 Å². The van der Waals surface area contributed by atoms with Crippen molar-refractivity contribution >= 4 is 23.8 Å². The minimum Gasteiger partial charge on any atom is -0.350 e. The van der Waals surface area contributed by atoms with Crippen molar-refractivity contribution in [2.24, 2.45) is 0 Å². The van der Waals surface area contributed by atoms with Crippen molar-refractivity contribution in [2.75, 3.05) is 13.2 Å². The van der Waals surface area contributed by atoms with Crippen LogP contribution in [0.25, 0.3) is 0 Å². The van der Waals surface area contributed by atoms with Crippen molar-refractivity contribution < 1.29 is 9.47 Å². The Hall–Kier alpha value is -1.99. The van der Waals surface area contributed by atoms with E-state index in [1.807, 2.05) is 0 Å². The van der Waals surface area contributed by atoms with Gasteiger partial charge in [0.25, 0.3) is 0 Å². The van der Waals surface area contributed by atoms with Gasteiger partial charge in [-0.1, -0.05) is 84.9 Å². The lowest BCUT2D eigenvalue weighted by Crippen LogP contribution is -2.25. The molecule has 0 spiro atoms. The van der Waals surface area contributed by atoms with Crippen molar-refractivity contribution in [3.05, 3.63) is 90.5 Å². The highest BCUT2D eigenvalue weighted by Gasteiger charge is 2.22. The third kappa shape index (κ3) is 3.82. The number of ether oxygens (including phenoxy) is 2. The van der Waals surface area contributed by atoms with E-state index in [9.17, 15) is 0 Å². The van der Waals surface area contributed by atoms with Crippen LogP contribution in [0.2, 0.25) is 0 Å². The predicted octanol–water partition coefficient (Wildman–Crippen LogP) is 3.36. The summed E-state index contributed by atoms with van der Waals surface area (Å²) in [5.74, 6) is 0. The van der Waals surface area contributed by atoms with Crippen LogP contribution in [0.1, 0.15) is 5.56 Å². The van der Waals surface area contributed by atoms with Crippen LogP contribution in [-0.4, -0.2) is 19.5 Å². The highest BCUT2D eigenvalue weighted by atomic mass is 31.1. The first-order chi connectivity index (χ1) is 12.4. The molecule has 0 aliphatic carbocycles. The first-order valence-electron chi connectivity index (χ1n) is 8.63. The Kier molecular flexibility index (Phi) is 5.22. The average molecular weight is 348 g/mol. The van der Waals surface area contributed by atoms with E-state index in [-0.39, 0.29) is 6.29 Å². The van der Waals surface area contributed by atoms with Gasteiger partial charge in [-0.05, 0) is 29.4 Å². The van der Waals surface area contributed by atoms with Gasteiger partial charge >= 0.3 is 0 Å². The van der Waals surface area contributed by atoms with E-state index in [1.165, 1.54) is 21.5 Å². The third-order valence-corrected chi connectivity index (χ3v) is 6.89. The zero-order chi connectivity index (χ0) is 16.9. The highest BCUT2D eigenvalue weighted by molar-refractivity contribution is 7.79. The Morgan fingerprint density at radius 1 is 0.680 bits per heavy atom. The molecule has 4 rings (SSSR count). The topological polar surface area (TPSA) is 18.5 Å². The minimum atomic E-state index is -0.598. The zero-order valence-corrected chi connectivity index (χ0v) is 14.9. The summed E-state index contributed by atoms with van der Waals surface area (Å²) in [6.45, 7) is 1.39. The molecule has 1 fully saturated rings.